The molecule has 0 bridgehead atoms. The van der Waals surface area contributed by atoms with Crippen molar-refractivity contribution in [3.63, 3.8) is 0 Å². The number of carbonyl (C=O) groups excluding carboxylic acids is 1. The Bertz CT molecular complexity index is 721. The van der Waals surface area contributed by atoms with Gasteiger partial charge in [0, 0.05) is 24.0 Å². The SMILES string of the molecule is O=C(COc1ccccc1I)N/N=C/c1ccn(C2CCCC2)c1. The van der Waals surface area contributed by atoms with Crippen molar-refractivity contribution >= 4 is 34.7 Å². The number of benzene rings is 1. The summed E-state index contributed by atoms with van der Waals surface area (Å²) in [7, 11) is 0. The summed E-state index contributed by atoms with van der Waals surface area (Å²) in [5, 5.41) is 4.00. The first kappa shape index (κ1) is 17.0. The number of hydrogen-bond donors (Lipinski definition) is 1. The number of hydrazone groups is 1. The van der Waals surface area contributed by atoms with Gasteiger partial charge in [-0.2, -0.15) is 5.10 Å². The molecule has 1 aromatic heterocycles. The molecule has 0 saturated heterocycles. The zero-order chi connectivity index (χ0) is 16.8. The fourth-order valence-electron chi connectivity index (χ4n) is 2.85. The topological polar surface area (TPSA) is 55.6 Å². The number of halogens is 1. The molecule has 2 aromatic rings. The molecular formula is C18H20IN3O2. The standard InChI is InChI=1S/C18H20IN3O2/c19-16-7-3-4-8-17(16)24-13-18(23)21-20-11-14-9-10-22(12-14)15-5-1-2-6-15/h3-4,7-12,15H,1-2,5-6,13H2,(H,21,23)/b20-11+. The van der Waals surface area contributed by atoms with E-state index in [-0.39, 0.29) is 12.5 Å². The van der Waals surface area contributed by atoms with Gasteiger partial charge in [0.15, 0.2) is 6.61 Å². The smallest absolute Gasteiger partial charge is 0.277 e. The molecule has 1 aliphatic rings. The van der Waals surface area contributed by atoms with E-state index >= 15 is 0 Å². The maximum Gasteiger partial charge on any atom is 0.277 e. The van der Waals surface area contributed by atoms with Gasteiger partial charge in [0.2, 0.25) is 0 Å². The number of amides is 1. The van der Waals surface area contributed by atoms with Crippen LogP contribution in [-0.2, 0) is 4.79 Å². The molecule has 1 aliphatic carbocycles. The van der Waals surface area contributed by atoms with Crippen LogP contribution in [0, 0.1) is 3.57 Å². The van der Waals surface area contributed by atoms with Gasteiger partial charge in [0.05, 0.1) is 9.78 Å². The van der Waals surface area contributed by atoms with Crippen molar-refractivity contribution in [3.05, 3.63) is 51.9 Å². The number of carbonyl (C=O) groups is 1. The molecule has 1 saturated carbocycles. The third-order valence-corrected chi connectivity index (χ3v) is 4.97. The lowest BCUT2D eigenvalue weighted by Gasteiger charge is -2.10. The van der Waals surface area contributed by atoms with E-state index in [9.17, 15) is 4.79 Å². The van der Waals surface area contributed by atoms with Crippen LogP contribution in [-0.4, -0.2) is 23.3 Å². The Balaban J connectivity index is 1.45. The van der Waals surface area contributed by atoms with E-state index in [1.54, 1.807) is 6.21 Å². The van der Waals surface area contributed by atoms with Crippen LogP contribution in [0.3, 0.4) is 0 Å². The molecule has 0 spiro atoms. The van der Waals surface area contributed by atoms with Crippen LogP contribution >= 0.6 is 22.6 Å². The summed E-state index contributed by atoms with van der Waals surface area (Å²) in [5.74, 6) is 0.423. The second-order valence-electron chi connectivity index (χ2n) is 5.84. The van der Waals surface area contributed by atoms with Gasteiger partial charge in [-0.25, -0.2) is 5.43 Å². The monoisotopic (exact) mass is 437 g/mol. The van der Waals surface area contributed by atoms with E-state index in [0.717, 1.165) is 9.13 Å². The fourth-order valence-corrected chi connectivity index (χ4v) is 3.40. The first-order chi connectivity index (χ1) is 11.7. The maximum atomic E-state index is 11.8. The van der Waals surface area contributed by atoms with Crippen LogP contribution in [0.25, 0.3) is 0 Å². The lowest BCUT2D eigenvalue weighted by atomic mass is 10.2. The highest BCUT2D eigenvalue weighted by molar-refractivity contribution is 14.1. The average molecular weight is 437 g/mol. The molecule has 24 heavy (non-hydrogen) atoms. The Morgan fingerprint density at radius 3 is 2.92 bits per heavy atom. The second-order valence-corrected chi connectivity index (χ2v) is 7.00. The van der Waals surface area contributed by atoms with Crippen molar-refractivity contribution in [3.8, 4) is 5.75 Å². The van der Waals surface area contributed by atoms with Gasteiger partial charge < -0.3 is 9.30 Å². The van der Waals surface area contributed by atoms with Gasteiger partial charge in [-0.1, -0.05) is 25.0 Å². The molecule has 1 fully saturated rings. The molecule has 0 unspecified atom stereocenters. The normalized spacial score (nSPS) is 15.0. The summed E-state index contributed by atoms with van der Waals surface area (Å²) >= 11 is 2.17. The molecule has 0 atom stereocenters. The zero-order valence-electron chi connectivity index (χ0n) is 13.3. The fraction of sp³-hybridized carbons (Fsp3) is 0.333. The van der Waals surface area contributed by atoms with Crippen molar-refractivity contribution in [2.45, 2.75) is 31.7 Å². The predicted octanol–water partition coefficient (Wildman–Crippen LogP) is 3.74. The number of ether oxygens (including phenoxy) is 1. The minimum Gasteiger partial charge on any atom is -0.483 e. The van der Waals surface area contributed by atoms with Crippen LogP contribution in [0.1, 0.15) is 37.3 Å². The number of nitrogens with one attached hydrogen (secondary N) is 1. The minimum absolute atomic E-state index is 0.0551. The molecule has 0 radical (unpaired) electrons. The van der Waals surface area contributed by atoms with Crippen LogP contribution in [0.4, 0.5) is 0 Å². The summed E-state index contributed by atoms with van der Waals surface area (Å²) in [5.41, 5.74) is 3.48. The van der Waals surface area contributed by atoms with Crippen LogP contribution < -0.4 is 10.2 Å². The van der Waals surface area contributed by atoms with Gasteiger partial charge in [-0.15, -0.1) is 0 Å². The molecule has 1 amide bonds. The summed E-state index contributed by atoms with van der Waals surface area (Å²) in [4.78, 5) is 11.8. The molecular weight excluding hydrogens is 417 g/mol. The van der Waals surface area contributed by atoms with Crippen LogP contribution in [0.2, 0.25) is 0 Å². The van der Waals surface area contributed by atoms with Gasteiger partial charge in [0.1, 0.15) is 5.75 Å². The molecule has 1 heterocycles. The van der Waals surface area contributed by atoms with E-state index in [0.29, 0.717) is 11.8 Å². The second kappa shape index (κ2) is 8.32. The molecule has 1 aromatic carbocycles. The highest BCUT2D eigenvalue weighted by Gasteiger charge is 2.15. The zero-order valence-corrected chi connectivity index (χ0v) is 15.5. The van der Waals surface area contributed by atoms with Gasteiger partial charge in [-0.3, -0.25) is 4.79 Å². The predicted molar refractivity (Wildman–Crippen MR) is 102 cm³/mol. The maximum absolute atomic E-state index is 11.8. The summed E-state index contributed by atoms with van der Waals surface area (Å²) in [6.07, 6.45) is 10.9. The Morgan fingerprint density at radius 2 is 2.12 bits per heavy atom. The van der Waals surface area contributed by atoms with E-state index in [1.807, 2.05) is 30.3 Å². The van der Waals surface area contributed by atoms with E-state index < -0.39 is 0 Å². The van der Waals surface area contributed by atoms with E-state index in [4.69, 9.17) is 4.74 Å². The molecule has 1 N–H and O–H groups in total. The van der Waals surface area contributed by atoms with Crippen LogP contribution in [0.5, 0.6) is 5.75 Å². The molecule has 126 valence electrons. The molecule has 6 heteroatoms. The quantitative estimate of drug-likeness (QED) is 0.426. The summed E-state index contributed by atoms with van der Waals surface area (Å²) in [6, 6.07) is 10.2. The first-order valence-corrected chi connectivity index (χ1v) is 9.17. The number of rotatable bonds is 6. The number of nitrogens with zero attached hydrogens (tertiary/aromatic N) is 2. The van der Waals surface area contributed by atoms with Gasteiger partial charge in [0.25, 0.3) is 5.91 Å². The number of aromatic nitrogens is 1. The Morgan fingerprint density at radius 1 is 1.33 bits per heavy atom. The third kappa shape index (κ3) is 4.59. The van der Waals surface area contributed by atoms with Crippen molar-refractivity contribution < 1.29 is 9.53 Å². The third-order valence-electron chi connectivity index (χ3n) is 4.08. The molecule has 5 nitrogen and oxygen atoms in total. The minimum atomic E-state index is -0.277. The summed E-state index contributed by atoms with van der Waals surface area (Å²) < 4.78 is 8.69. The Labute approximate surface area is 155 Å². The lowest BCUT2D eigenvalue weighted by Crippen LogP contribution is -2.24. The lowest BCUT2D eigenvalue weighted by molar-refractivity contribution is -0.123. The van der Waals surface area contributed by atoms with Crippen molar-refractivity contribution in [2.24, 2.45) is 5.10 Å². The summed E-state index contributed by atoms with van der Waals surface area (Å²) in [6.45, 7) is -0.0551. The van der Waals surface area contributed by atoms with Crippen molar-refractivity contribution in [2.75, 3.05) is 6.61 Å². The van der Waals surface area contributed by atoms with E-state index in [2.05, 4.69) is 50.1 Å². The van der Waals surface area contributed by atoms with Gasteiger partial charge >= 0.3 is 0 Å². The molecule has 3 rings (SSSR count). The largest absolute Gasteiger partial charge is 0.483 e. The highest BCUT2D eigenvalue weighted by atomic mass is 127. The van der Waals surface area contributed by atoms with Gasteiger partial charge in [-0.05, 0) is 53.6 Å². The first-order valence-electron chi connectivity index (χ1n) is 8.09. The highest BCUT2D eigenvalue weighted by Crippen LogP contribution is 2.29. The Kier molecular flexibility index (Phi) is 5.90. The average Bonchev–Trinajstić information content (AvgIpc) is 3.25. The number of hydrogen-bond acceptors (Lipinski definition) is 3. The van der Waals surface area contributed by atoms with Crippen molar-refractivity contribution in [1.29, 1.82) is 0 Å². The van der Waals surface area contributed by atoms with Crippen LogP contribution in [0.15, 0.2) is 47.8 Å². The number of para-hydroxylation sites is 1. The Hall–Kier alpha value is -1.83. The molecule has 0 aliphatic heterocycles. The van der Waals surface area contributed by atoms with Crippen molar-refractivity contribution in [1.82, 2.24) is 9.99 Å². The van der Waals surface area contributed by atoms with E-state index in [1.165, 1.54) is 25.7 Å².